The summed E-state index contributed by atoms with van der Waals surface area (Å²) >= 11 is 0. The fraction of sp³-hybridized carbons (Fsp3) is 0.150. The zero-order chi connectivity index (χ0) is 15.3. The Balaban J connectivity index is 1.98. The Morgan fingerprint density at radius 1 is 0.909 bits per heavy atom. The molecule has 1 atom stereocenters. The van der Waals surface area contributed by atoms with Gasteiger partial charge in [0.2, 0.25) is 0 Å². The summed E-state index contributed by atoms with van der Waals surface area (Å²) in [6.07, 6.45) is -0.328. The van der Waals surface area contributed by atoms with Crippen LogP contribution in [0.3, 0.4) is 0 Å². The Hall–Kier alpha value is -2.61. The number of carbonyl (C=O) groups excluding carboxylic acids is 1. The standard InChI is InChI=1S/C20H16O2/c1-12-9-10-15(11-13(12)2)19-16-7-3-5-14-6-4-8-17(18(14)16)20(21)22-19/h3-11,19H,1-2H3. The minimum Gasteiger partial charge on any atom is -0.449 e. The van der Waals surface area contributed by atoms with Crippen LogP contribution in [0.5, 0.6) is 0 Å². The van der Waals surface area contributed by atoms with Gasteiger partial charge >= 0.3 is 5.97 Å². The third kappa shape index (κ3) is 1.84. The largest absolute Gasteiger partial charge is 0.449 e. The lowest BCUT2D eigenvalue weighted by Crippen LogP contribution is -2.19. The van der Waals surface area contributed by atoms with Gasteiger partial charge in [-0.05, 0) is 42.0 Å². The van der Waals surface area contributed by atoms with Crippen molar-refractivity contribution >= 4 is 16.7 Å². The Kier molecular flexibility index (Phi) is 2.80. The molecule has 3 aromatic carbocycles. The zero-order valence-electron chi connectivity index (χ0n) is 12.6. The first-order valence-electron chi connectivity index (χ1n) is 7.45. The second-order valence-electron chi connectivity index (χ2n) is 5.88. The monoisotopic (exact) mass is 288 g/mol. The first-order chi connectivity index (χ1) is 10.6. The van der Waals surface area contributed by atoms with Crippen LogP contribution in [-0.2, 0) is 4.74 Å². The van der Waals surface area contributed by atoms with E-state index in [4.69, 9.17) is 4.74 Å². The van der Waals surface area contributed by atoms with E-state index in [0.29, 0.717) is 5.56 Å². The summed E-state index contributed by atoms with van der Waals surface area (Å²) < 4.78 is 5.75. The molecule has 0 N–H and O–H groups in total. The van der Waals surface area contributed by atoms with Gasteiger partial charge in [0.15, 0.2) is 6.10 Å². The third-order valence-corrected chi connectivity index (χ3v) is 4.50. The predicted molar refractivity (Wildman–Crippen MR) is 87.1 cm³/mol. The van der Waals surface area contributed by atoms with E-state index in [-0.39, 0.29) is 12.1 Å². The van der Waals surface area contributed by atoms with Crippen LogP contribution in [0.1, 0.15) is 38.7 Å². The number of hydrogen-bond acceptors (Lipinski definition) is 2. The minimum absolute atomic E-state index is 0.243. The molecule has 1 aliphatic rings. The topological polar surface area (TPSA) is 26.3 Å². The number of carbonyl (C=O) groups is 1. The van der Waals surface area contributed by atoms with Gasteiger partial charge in [0, 0.05) is 10.9 Å². The molecule has 0 saturated heterocycles. The molecule has 0 fully saturated rings. The number of aryl methyl sites for hydroxylation is 2. The maximum Gasteiger partial charge on any atom is 0.339 e. The smallest absolute Gasteiger partial charge is 0.339 e. The lowest BCUT2D eigenvalue weighted by atomic mass is 9.89. The molecule has 1 unspecified atom stereocenters. The van der Waals surface area contributed by atoms with Crippen LogP contribution >= 0.6 is 0 Å². The van der Waals surface area contributed by atoms with E-state index in [2.05, 4.69) is 32.0 Å². The van der Waals surface area contributed by atoms with Gasteiger partial charge in [0.1, 0.15) is 0 Å². The summed E-state index contributed by atoms with van der Waals surface area (Å²) in [5.41, 5.74) is 5.20. The molecule has 0 saturated carbocycles. The molecule has 108 valence electrons. The van der Waals surface area contributed by atoms with Gasteiger partial charge in [0.05, 0.1) is 5.56 Å². The lowest BCUT2D eigenvalue weighted by Gasteiger charge is -2.26. The average molecular weight is 288 g/mol. The zero-order valence-corrected chi connectivity index (χ0v) is 12.6. The normalized spacial score (nSPS) is 16.6. The summed E-state index contributed by atoms with van der Waals surface area (Å²) in [5, 5.41) is 2.10. The van der Waals surface area contributed by atoms with E-state index in [1.165, 1.54) is 11.1 Å². The Labute approximate surface area is 129 Å². The van der Waals surface area contributed by atoms with Gasteiger partial charge in [-0.25, -0.2) is 4.79 Å². The lowest BCUT2D eigenvalue weighted by molar-refractivity contribution is 0.0366. The summed E-state index contributed by atoms with van der Waals surface area (Å²) in [7, 11) is 0. The Morgan fingerprint density at radius 2 is 1.68 bits per heavy atom. The summed E-state index contributed by atoms with van der Waals surface area (Å²) in [6.45, 7) is 4.17. The van der Waals surface area contributed by atoms with Crippen molar-refractivity contribution in [3.05, 3.63) is 82.4 Å². The number of esters is 1. The van der Waals surface area contributed by atoms with Crippen molar-refractivity contribution < 1.29 is 9.53 Å². The molecule has 22 heavy (non-hydrogen) atoms. The highest BCUT2D eigenvalue weighted by Crippen LogP contribution is 2.38. The quantitative estimate of drug-likeness (QED) is 0.606. The van der Waals surface area contributed by atoms with Crippen LogP contribution in [0, 0.1) is 13.8 Å². The Bertz CT molecular complexity index is 903. The van der Waals surface area contributed by atoms with Gasteiger partial charge < -0.3 is 4.74 Å². The Morgan fingerprint density at radius 3 is 2.45 bits per heavy atom. The third-order valence-electron chi connectivity index (χ3n) is 4.50. The van der Waals surface area contributed by atoms with Gasteiger partial charge in [-0.15, -0.1) is 0 Å². The second kappa shape index (κ2) is 4.70. The van der Waals surface area contributed by atoms with Gasteiger partial charge in [-0.3, -0.25) is 0 Å². The molecule has 3 aromatic rings. The summed E-state index contributed by atoms with van der Waals surface area (Å²) in [4.78, 5) is 12.4. The second-order valence-corrected chi connectivity index (χ2v) is 5.88. The summed E-state index contributed by atoms with van der Waals surface area (Å²) in [6, 6.07) is 18.1. The van der Waals surface area contributed by atoms with Crippen LogP contribution in [0.25, 0.3) is 10.8 Å². The van der Waals surface area contributed by atoms with Crippen molar-refractivity contribution in [3.8, 4) is 0 Å². The molecule has 0 aliphatic carbocycles. The molecule has 0 bridgehead atoms. The van der Waals surface area contributed by atoms with Gasteiger partial charge in [0.25, 0.3) is 0 Å². The molecule has 0 radical (unpaired) electrons. The first kappa shape index (κ1) is 13.1. The summed E-state index contributed by atoms with van der Waals surface area (Å²) in [5.74, 6) is -0.243. The van der Waals surface area contributed by atoms with E-state index in [1.54, 1.807) is 0 Å². The highest BCUT2D eigenvalue weighted by molar-refractivity contribution is 6.08. The SMILES string of the molecule is Cc1ccc(C2OC(=O)c3cccc4cccc2c34)cc1C. The van der Waals surface area contributed by atoms with Crippen molar-refractivity contribution in [2.45, 2.75) is 20.0 Å². The maximum atomic E-state index is 12.4. The number of rotatable bonds is 1. The molecular formula is C20H16O2. The van der Waals surface area contributed by atoms with Crippen LogP contribution in [-0.4, -0.2) is 5.97 Å². The van der Waals surface area contributed by atoms with Crippen molar-refractivity contribution in [2.75, 3.05) is 0 Å². The molecule has 2 nitrogen and oxygen atoms in total. The fourth-order valence-corrected chi connectivity index (χ4v) is 3.17. The van der Waals surface area contributed by atoms with Crippen LogP contribution in [0.15, 0.2) is 54.6 Å². The molecular weight excluding hydrogens is 272 g/mol. The van der Waals surface area contributed by atoms with Crippen molar-refractivity contribution in [2.24, 2.45) is 0 Å². The molecule has 1 aliphatic heterocycles. The number of hydrogen-bond donors (Lipinski definition) is 0. The van der Waals surface area contributed by atoms with Gasteiger partial charge in [-0.1, -0.05) is 48.5 Å². The molecule has 0 aromatic heterocycles. The van der Waals surface area contributed by atoms with Crippen LogP contribution in [0.4, 0.5) is 0 Å². The highest BCUT2D eigenvalue weighted by atomic mass is 16.5. The highest BCUT2D eigenvalue weighted by Gasteiger charge is 2.29. The van der Waals surface area contributed by atoms with Crippen LogP contribution < -0.4 is 0 Å². The minimum atomic E-state index is -0.328. The van der Waals surface area contributed by atoms with E-state index >= 15 is 0 Å². The average Bonchev–Trinajstić information content (AvgIpc) is 2.53. The van der Waals surface area contributed by atoms with Crippen LogP contribution in [0.2, 0.25) is 0 Å². The predicted octanol–water partition coefficient (Wildman–Crippen LogP) is 4.72. The fourth-order valence-electron chi connectivity index (χ4n) is 3.17. The molecule has 1 heterocycles. The number of benzene rings is 3. The van der Waals surface area contributed by atoms with Gasteiger partial charge in [-0.2, -0.15) is 0 Å². The number of cyclic esters (lactones) is 1. The van der Waals surface area contributed by atoms with Crippen molar-refractivity contribution in [3.63, 3.8) is 0 Å². The molecule has 2 heteroatoms. The first-order valence-corrected chi connectivity index (χ1v) is 7.45. The maximum absolute atomic E-state index is 12.4. The molecule has 0 spiro atoms. The number of ether oxygens (including phenoxy) is 1. The van der Waals surface area contributed by atoms with E-state index in [0.717, 1.165) is 21.9 Å². The van der Waals surface area contributed by atoms with Crippen molar-refractivity contribution in [1.29, 1.82) is 0 Å². The van der Waals surface area contributed by atoms with E-state index in [1.807, 2.05) is 36.4 Å². The van der Waals surface area contributed by atoms with E-state index < -0.39 is 0 Å². The van der Waals surface area contributed by atoms with E-state index in [9.17, 15) is 4.79 Å². The molecule has 4 rings (SSSR count). The van der Waals surface area contributed by atoms with Crippen molar-refractivity contribution in [1.82, 2.24) is 0 Å². The molecule has 0 amide bonds.